The molecule has 0 heterocycles. The van der Waals surface area contributed by atoms with Crippen molar-refractivity contribution in [2.24, 2.45) is 11.7 Å². The van der Waals surface area contributed by atoms with E-state index in [0.717, 1.165) is 19.3 Å². The summed E-state index contributed by atoms with van der Waals surface area (Å²) < 4.78 is 0. The number of hydrogen-bond donors (Lipinski definition) is 1. The van der Waals surface area contributed by atoms with E-state index in [1.54, 1.807) is 6.92 Å². The molecule has 0 aliphatic carbocycles. The van der Waals surface area contributed by atoms with Crippen molar-refractivity contribution in [3.05, 3.63) is 0 Å². The quantitative estimate of drug-likeness (QED) is 0.660. The van der Waals surface area contributed by atoms with Gasteiger partial charge in [-0.2, -0.15) is 0 Å². The maximum absolute atomic E-state index is 11.2. The van der Waals surface area contributed by atoms with Gasteiger partial charge in [-0.3, -0.25) is 4.79 Å². The molecule has 0 amide bonds. The van der Waals surface area contributed by atoms with Crippen molar-refractivity contribution in [2.75, 3.05) is 0 Å². The van der Waals surface area contributed by atoms with E-state index >= 15 is 0 Å². The first-order valence-corrected chi connectivity index (χ1v) is 4.38. The highest BCUT2D eigenvalue weighted by Crippen LogP contribution is 2.09. The third kappa shape index (κ3) is 4.14. The minimum absolute atomic E-state index is 0.148. The lowest BCUT2D eigenvalue weighted by Crippen LogP contribution is -2.31. The third-order valence-electron chi connectivity index (χ3n) is 1.93. The Balaban J connectivity index is 3.64. The first-order valence-electron chi connectivity index (χ1n) is 4.38. The molecule has 2 atom stereocenters. The summed E-state index contributed by atoms with van der Waals surface area (Å²) in [5.74, 6) is 0.341. The van der Waals surface area contributed by atoms with Crippen molar-refractivity contribution in [1.82, 2.24) is 0 Å². The zero-order chi connectivity index (χ0) is 8.85. The van der Waals surface area contributed by atoms with E-state index < -0.39 is 0 Å². The molecule has 2 nitrogen and oxygen atoms in total. The maximum atomic E-state index is 11.2. The fourth-order valence-corrected chi connectivity index (χ4v) is 1.10. The number of Topliss-reactive ketones (excluding diaryl/α,β-unsaturated/α-hetero) is 1. The van der Waals surface area contributed by atoms with Gasteiger partial charge >= 0.3 is 0 Å². The van der Waals surface area contributed by atoms with Crippen LogP contribution in [-0.2, 0) is 4.79 Å². The Kier molecular flexibility index (Phi) is 5.12. The topological polar surface area (TPSA) is 43.1 Å². The first kappa shape index (κ1) is 10.6. The summed E-state index contributed by atoms with van der Waals surface area (Å²) in [6.45, 7) is 5.84. The van der Waals surface area contributed by atoms with Crippen LogP contribution in [0, 0.1) is 5.92 Å². The second-order valence-corrected chi connectivity index (χ2v) is 3.23. The van der Waals surface area contributed by atoms with E-state index in [9.17, 15) is 4.79 Å². The standard InChI is InChI=1S/C9H19NO/c1-4-5-6-7(2)9(11)8(3)10/h7-8H,4-6,10H2,1-3H3/t7-,8-/m0/s1. The predicted molar refractivity (Wildman–Crippen MR) is 47.3 cm³/mol. The Morgan fingerprint density at radius 1 is 1.45 bits per heavy atom. The van der Waals surface area contributed by atoms with Crippen molar-refractivity contribution >= 4 is 5.78 Å². The Bertz CT molecular complexity index is 121. The van der Waals surface area contributed by atoms with Crippen LogP contribution in [0.5, 0.6) is 0 Å². The van der Waals surface area contributed by atoms with E-state index in [2.05, 4.69) is 6.92 Å². The van der Waals surface area contributed by atoms with Crippen molar-refractivity contribution < 1.29 is 4.79 Å². The zero-order valence-corrected chi connectivity index (χ0v) is 7.76. The van der Waals surface area contributed by atoms with Crippen LogP contribution in [0.4, 0.5) is 0 Å². The molecular weight excluding hydrogens is 138 g/mol. The van der Waals surface area contributed by atoms with Gasteiger partial charge in [0.1, 0.15) is 0 Å². The smallest absolute Gasteiger partial charge is 0.152 e. The van der Waals surface area contributed by atoms with Crippen molar-refractivity contribution in [2.45, 2.75) is 46.1 Å². The summed E-state index contributed by atoms with van der Waals surface area (Å²) in [5, 5.41) is 0. The zero-order valence-electron chi connectivity index (χ0n) is 7.76. The van der Waals surface area contributed by atoms with Gasteiger partial charge in [-0.1, -0.05) is 26.7 Å². The van der Waals surface area contributed by atoms with E-state index in [0.29, 0.717) is 0 Å². The number of carbonyl (C=O) groups is 1. The van der Waals surface area contributed by atoms with Crippen LogP contribution in [0.2, 0.25) is 0 Å². The van der Waals surface area contributed by atoms with Gasteiger partial charge in [0.2, 0.25) is 0 Å². The van der Waals surface area contributed by atoms with Gasteiger partial charge in [-0.05, 0) is 13.3 Å². The summed E-state index contributed by atoms with van der Waals surface area (Å²) in [6, 6.07) is -0.290. The minimum atomic E-state index is -0.290. The molecule has 0 aromatic rings. The highest BCUT2D eigenvalue weighted by Gasteiger charge is 2.15. The normalized spacial score (nSPS) is 16.0. The molecule has 11 heavy (non-hydrogen) atoms. The average Bonchev–Trinajstić information content (AvgIpc) is 1.98. The molecule has 0 spiro atoms. The van der Waals surface area contributed by atoms with Gasteiger partial charge in [0.15, 0.2) is 5.78 Å². The van der Waals surface area contributed by atoms with Gasteiger partial charge < -0.3 is 5.73 Å². The number of nitrogens with two attached hydrogens (primary N) is 1. The molecule has 0 unspecified atom stereocenters. The van der Waals surface area contributed by atoms with Crippen LogP contribution in [0.3, 0.4) is 0 Å². The molecule has 2 heteroatoms. The number of unbranched alkanes of at least 4 members (excludes halogenated alkanes) is 1. The molecule has 0 aromatic carbocycles. The Morgan fingerprint density at radius 3 is 2.36 bits per heavy atom. The molecule has 0 aliphatic heterocycles. The molecule has 0 rings (SSSR count). The van der Waals surface area contributed by atoms with Crippen LogP contribution in [0.1, 0.15) is 40.0 Å². The third-order valence-corrected chi connectivity index (χ3v) is 1.93. The second-order valence-electron chi connectivity index (χ2n) is 3.23. The molecule has 0 saturated carbocycles. The van der Waals surface area contributed by atoms with Gasteiger partial charge in [0.25, 0.3) is 0 Å². The molecule has 0 saturated heterocycles. The number of carbonyl (C=O) groups excluding carboxylic acids is 1. The molecule has 0 aliphatic rings. The largest absolute Gasteiger partial charge is 0.322 e. The highest BCUT2D eigenvalue weighted by molar-refractivity contribution is 5.85. The van der Waals surface area contributed by atoms with Crippen molar-refractivity contribution in [3.63, 3.8) is 0 Å². The second kappa shape index (κ2) is 5.30. The fraction of sp³-hybridized carbons (Fsp3) is 0.889. The SMILES string of the molecule is CCCC[C@H](C)C(=O)[C@H](C)N. The van der Waals surface area contributed by atoms with Crippen LogP contribution < -0.4 is 5.73 Å². The van der Waals surface area contributed by atoms with Crippen molar-refractivity contribution in [1.29, 1.82) is 0 Å². The van der Waals surface area contributed by atoms with E-state index in [1.807, 2.05) is 6.92 Å². The Hall–Kier alpha value is -0.370. The number of rotatable bonds is 5. The van der Waals surface area contributed by atoms with E-state index in [-0.39, 0.29) is 17.7 Å². The van der Waals surface area contributed by atoms with Gasteiger partial charge in [0.05, 0.1) is 6.04 Å². The molecule has 2 N–H and O–H groups in total. The molecule has 0 radical (unpaired) electrons. The van der Waals surface area contributed by atoms with Gasteiger partial charge in [0, 0.05) is 5.92 Å². The summed E-state index contributed by atoms with van der Waals surface area (Å²) in [4.78, 5) is 11.2. The van der Waals surface area contributed by atoms with Gasteiger partial charge in [-0.25, -0.2) is 0 Å². The van der Waals surface area contributed by atoms with Gasteiger partial charge in [-0.15, -0.1) is 0 Å². The van der Waals surface area contributed by atoms with Crippen LogP contribution in [-0.4, -0.2) is 11.8 Å². The van der Waals surface area contributed by atoms with Crippen LogP contribution in [0.15, 0.2) is 0 Å². The molecule has 0 fully saturated rings. The minimum Gasteiger partial charge on any atom is -0.322 e. The number of ketones is 1. The summed E-state index contributed by atoms with van der Waals surface area (Å²) in [7, 11) is 0. The average molecular weight is 157 g/mol. The lowest BCUT2D eigenvalue weighted by molar-refractivity contribution is -0.123. The van der Waals surface area contributed by atoms with E-state index in [1.165, 1.54) is 0 Å². The molecular formula is C9H19NO. The highest BCUT2D eigenvalue weighted by atomic mass is 16.1. The maximum Gasteiger partial charge on any atom is 0.152 e. The fourth-order valence-electron chi connectivity index (χ4n) is 1.10. The Morgan fingerprint density at radius 2 is 2.00 bits per heavy atom. The van der Waals surface area contributed by atoms with Crippen molar-refractivity contribution in [3.8, 4) is 0 Å². The molecule has 0 aromatic heterocycles. The monoisotopic (exact) mass is 157 g/mol. The van der Waals surface area contributed by atoms with Crippen LogP contribution >= 0.6 is 0 Å². The molecule has 0 bridgehead atoms. The predicted octanol–water partition coefficient (Wildman–Crippen LogP) is 1.73. The lowest BCUT2D eigenvalue weighted by Gasteiger charge is -2.11. The first-order chi connectivity index (χ1) is 5.09. The van der Waals surface area contributed by atoms with Crippen LogP contribution in [0.25, 0.3) is 0 Å². The number of hydrogen-bond acceptors (Lipinski definition) is 2. The molecule has 66 valence electrons. The summed E-state index contributed by atoms with van der Waals surface area (Å²) >= 11 is 0. The Labute approximate surface area is 69.2 Å². The summed E-state index contributed by atoms with van der Waals surface area (Å²) in [5.41, 5.74) is 5.46. The van der Waals surface area contributed by atoms with E-state index in [4.69, 9.17) is 5.73 Å². The summed E-state index contributed by atoms with van der Waals surface area (Å²) in [6.07, 6.45) is 3.26. The lowest BCUT2D eigenvalue weighted by atomic mass is 9.96.